The normalized spacial score (nSPS) is 19.2. The lowest BCUT2D eigenvalue weighted by Crippen LogP contribution is -2.72. The molecule has 0 atom stereocenters. The molecule has 3 saturated heterocycles. The number of hydrogen-bond acceptors (Lipinski definition) is 9. The molecule has 0 bridgehead atoms. The van der Waals surface area contributed by atoms with Gasteiger partial charge in [0, 0.05) is 57.8 Å². The summed E-state index contributed by atoms with van der Waals surface area (Å²) in [6.07, 6.45) is -2.79. The van der Waals surface area contributed by atoms with Gasteiger partial charge in [-0.25, -0.2) is 13.8 Å². The smallest absolute Gasteiger partial charge is 0.296 e. The number of carbonyl (C=O) groups excluding carboxylic acids is 1. The van der Waals surface area contributed by atoms with Gasteiger partial charge in [-0.3, -0.25) is 9.36 Å². The largest absolute Gasteiger partial charge is 0.378 e. The Bertz CT molecular complexity index is 1320. The van der Waals surface area contributed by atoms with E-state index in [4.69, 9.17) is 21.3 Å². The quantitative estimate of drug-likeness (QED) is 0.420. The molecule has 1 aromatic carbocycles. The Morgan fingerprint density at radius 3 is 2.39 bits per heavy atom. The SMILES string of the molecule is O=C(CCl)NCCN1CC2(C1)CN(c1nc(N3CCOCC3)nc(-n3c(C(F)F)nc4ccccc43)n1)C2. The minimum absolute atomic E-state index is 0.0348. The van der Waals surface area contributed by atoms with Crippen LogP contribution < -0.4 is 15.1 Å². The van der Waals surface area contributed by atoms with Crippen molar-refractivity contribution in [3.63, 3.8) is 0 Å². The van der Waals surface area contributed by atoms with Gasteiger partial charge in [-0.15, -0.1) is 11.6 Å². The van der Waals surface area contributed by atoms with E-state index in [-0.39, 0.29) is 23.2 Å². The molecule has 11 nitrogen and oxygen atoms in total. The number of benzene rings is 1. The van der Waals surface area contributed by atoms with Crippen LogP contribution in [-0.2, 0) is 9.53 Å². The second kappa shape index (κ2) is 10.2. The average Bonchev–Trinajstić information content (AvgIpc) is 3.29. The number of hydrogen-bond donors (Lipinski definition) is 1. The first kappa shape index (κ1) is 25.1. The molecule has 1 amide bonds. The third-order valence-corrected chi connectivity index (χ3v) is 7.44. The second-order valence-corrected chi connectivity index (χ2v) is 10.2. The van der Waals surface area contributed by atoms with Gasteiger partial charge in [0.05, 0.1) is 24.2 Å². The Morgan fingerprint density at radius 1 is 1.00 bits per heavy atom. The van der Waals surface area contributed by atoms with E-state index in [9.17, 15) is 13.6 Å². The number of anilines is 2. The van der Waals surface area contributed by atoms with E-state index in [1.54, 1.807) is 24.3 Å². The van der Waals surface area contributed by atoms with Crippen molar-refractivity contribution in [2.45, 2.75) is 6.43 Å². The van der Waals surface area contributed by atoms with Crippen LogP contribution in [0.15, 0.2) is 24.3 Å². The fraction of sp³-hybridized carbons (Fsp3) is 0.542. The number of likely N-dealkylation sites (tertiary alicyclic amines) is 1. The molecule has 38 heavy (non-hydrogen) atoms. The summed E-state index contributed by atoms with van der Waals surface area (Å²) in [4.78, 5) is 35.9. The van der Waals surface area contributed by atoms with Crippen molar-refractivity contribution >= 4 is 40.4 Å². The number of alkyl halides is 3. The van der Waals surface area contributed by atoms with Crippen LogP contribution in [0.1, 0.15) is 12.2 Å². The number of fused-ring (bicyclic) bond motifs is 1. The summed E-state index contributed by atoms with van der Waals surface area (Å²) in [5, 5.41) is 2.79. The highest BCUT2D eigenvalue weighted by Crippen LogP contribution is 2.41. The number of aromatic nitrogens is 5. The zero-order chi connectivity index (χ0) is 26.3. The predicted octanol–water partition coefficient (Wildman–Crippen LogP) is 1.46. The van der Waals surface area contributed by atoms with E-state index >= 15 is 0 Å². The molecular weight excluding hydrogens is 520 g/mol. The number of amides is 1. The molecule has 6 rings (SSSR count). The van der Waals surface area contributed by atoms with Crippen molar-refractivity contribution in [2.75, 3.05) is 81.3 Å². The third-order valence-electron chi connectivity index (χ3n) is 7.20. The molecule has 3 aromatic rings. The van der Waals surface area contributed by atoms with Gasteiger partial charge >= 0.3 is 0 Å². The Hall–Kier alpha value is -3.16. The Kier molecular flexibility index (Phi) is 6.74. The number of halogens is 3. The summed E-state index contributed by atoms with van der Waals surface area (Å²) in [5.41, 5.74) is 1.11. The maximum atomic E-state index is 14.1. The summed E-state index contributed by atoms with van der Waals surface area (Å²) < 4.78 is 34.9. The molecule has 0 saturated carbocycles. The number of imidazole rings is 1. The van der Waals surface area contributed by atoms with Crippen molar-refractivity contribution in [3.8, 4) is 5.95 Å². The maximum Gasteiger partial charge on any atom is 0.296 e. The lowest BCUT2D eigenvalue weighted by atomic mass is 9.73. The van der Waals surface area contributed by atoms with Gasteiger partial charge in [-0.2, -0.15) is 15.0 Å². The highest BCUT2D eigenvalue weighted by Gasteiger charge is 2.52. The number of para-hydroxylation sites is 2. The summed E-state index contributed by atoms with van der Waals surface area (Å²) in [7, 11) is 0. The van der Waals surface area contributed by atoms with E-state index < -0.39 is 12.2 Å². The highest BCUT2D eigenvalue weighted by atomic mass is 35.5. The zero-order valence-corrected chi connectivity index (χ0v) is 21.4. The molecule has 14 heteroatoms. The van der Waals surface area contributed by atoms with Gasteiger partial charge < -0.3 is 24.8 Å². The van der Waals surface area contributed by atoms with E-state index in [1.165, 1.54) is 4.57 Å². The van der Waals surface area contributed by atoms with Gasteiger partial charge in [-0.05, 0) is 12.1 Å². The van der Waals surface area contributed by atoms with Crippen LogP contribution in [0.2, 0.25) is 0 Å². The lowest BCUT2D eigenvalue weighted by molar-refractivity contribution is -0.118. The molecule has 1 spiro atoms. The van der Waals surface area contributed by atoms with Gasteiger partial charge in [0.15, 0.2) is 5.82 Å². The third kappa shape index (κ3) is 4.74. The molecule has 0 aliphatic carbocycles. The predicted molar refractivity (Wildman–Crippen MR) is 137 cm³/mol. The number of nitrogens with zero attached hydrogens (tertiary/aromatic N) is 8. The van der Waals surface area contributed by atoms with E-state index in [0.29, 0.717) is 55.8 Å². The summed E-state index contributed by atoms with van der Waals surface area (Å²) >= 11 is 5.52. The van der Waals surface area contributed by atoms with Gasteiger partial charge in [-0.1, -0.05) is 12.1 Å². The van der Waals surface area contributed by atoms with Gasteiger partial charge in [0.2, 0.25) is 23.8 Å². The standard InChI is InChI=1S/C24H28ClF2N9O2/c25-11-18(37)28-5-6-33-12-24(13-33)14-35(15-24)22-30-21(34-7-9-38-10-8-34)31-23(32-22)36-17-4-2-1-3-16(17)29-20(36)19(26)27/h1-4,19H,5-15H2,(H,28,37). The molecule has 0 unspecified atom stereocenters. The van der Waals surface area contributed by atoms with Crippen LogP contribution >= 0.6 is 11.6 Å². The molecule has 3 fully saturated rings. The van der Waals surface area contributed by atoms with E-state index in [1.807, 2.05) is 4.90 Å². The average molecular weight is 548 g/mol. The van der Waals surface area contributed by atoms with Crippen LogP contribution in [0, 0.1) is 5.41 Å². The highest BCUT2D eigenvalue weighted by molar-refractivity contribution is 6.27. The van der Waals surface area contributed by atoms with Crippen LogP contribution in [0.3, 0.4) is 0 Å². The van der Waals surface area contributed by atoms with Crippen molar-refractivity contribution in [1.82, 2.24) is 34.7 Å². The zero-order valence-electron chi connectivity index (χ0n) is 20.7. The van der Waals surface area contributed by atoms with Crippen molar-refractivity contribution in [1.29, 1.82) is 0 Å². The lowest BCUT2D eigenvalue weighted by Gasteiger charge is -2.60. The monoisotopic (exact) mass is 547 g/mol. The van der Waals surface area contributed by atoms with Crippen molar-refractivity contribution in [2.24, 2.45) is 5.41 Å². The fourth-order valence-corrected chi connectivity index (χ4v) is 5.55. The Labute approximate surface area is 222 Å². The van der Waals surface area contributed by atoms with Crippen LogP contribution in [0.5, 0.6) is 0 Å². The first-order valence-corrected chi connectivity index (χ1v) is 13.1. The molecule has 1 N–H and O–H groups in total. The molecule has 0 radical (unpaired) electrons. The summed E-state index contributed by atoms with van der Waals surface area (Å²) in [6.45, 7) is 6.98. The van der Waals surface area contributed by atoms with E-state index in [0.717, 1.165) is 32.7 Å². The maximum absolute atomic E-state index is 14.1. The number of carbonyl (C=O) groups is 1. The van der Waals surface area contributed by atoms with E-state index in [2.05, 4.69) is 30.1 Å². The van der Waals surface area contributed by atoms with Gasteiger partial charge in [0.1, 0.15) is 5.88 Å². The van der Waals surface area contributed by atoms with Crippen LogP contribution in [0.4, 0.5) is 20.7 Å². The molecule has 3 aliphatic heterocycles. The summed E-state index contributed by atoms with van der Waals surface area (Å²) in [5.74, 6) is 0.441. The molecule has 202 valence electrons. The van der Waals surface area contributed by atoms with Crippen molar-refractivity contribution in [3.05, 3.63) is 30.1 Å². The number of morpholine rings is 1. The van der Waals surface area contributed by atoms with Gasteiger partial charge in [0.25, 0.3) is 6.43 Å². The molecule has 5 heterocycles. The summed E-state index contributed by atoms with van der Waals surface area (Å²) in [6, 6.07) is 6.98. The molecule has 2 aromatic heterocycles. The van der Waals surface area contributed by atoms with Crippen LogP contribution in [0.25, 0.3) is 17.0 Å². The topological polar surface area (TPSA) is 105 Å². The first-order chi connectivity index (χ1) is 18.4. The number of rotatable bonds is 8. The number of nitrogens with one attached hydrogen (secondary N) is 1. The number of ether oxygens (including phenoxy) is 1. The van der Waals surface area contributed by atoms with Crippen molar-refractivity contribution < 1.29 is 18.3 Å². The van der Waals surface area contributed by atoms with Crippen LogP contribution in [-0.4, -0.2) is 107 Å². The second-order valence-electron chi connectivity index (χ2n) is 9.98. The Morgan fingerprint density at radius 2 is 1.68 bits per heavy atom. The molecule has 3 aliphatic rings. The minimum atomic E-state index is -2.79. The first-order valence-electron chi connectivity index (χ1n) is 12.6. The Balaban J connectivity index is 1.25. The minimum Gasteiger partial charge on any atom is -0.378 e. The molecular formula is C24H28ClF2N9O2. The fourth-order valence-electron chi connectivity index (χ4n) is 5.46.